The van der Waals surface area contributed by atoms with Crippen LogP contribution in [0.5, 0.6) is 5.75 Å². The number of amides is 1. The minimum Gasteiger partial charge on any atom is -0.478 e. The van der Waals surface area contributed by atoms with E-state index in [0.29, 0.717) is 11.3 Å². The van der Waals surface area contributed by atoms with Crippen molar-refractivity contribution in [1.29, 1.82) is 5.26 Å². The first-order valence-electron chi connectivity index (χ1n) is 12.4. The van der Waals surface area contributed by atoms with Gasteiger partial charge in [0.15, 0.2) is 5.60 Å². The summed E-state index contributed by atoms with van der Waals surface area (Å²) in [7, 11) is 0. The van der Waals surface area contributed by atoms with Crippen LogP contribution >= 0.6 is 11.6 Å². The van der Waals surface area contributed by atoms with Gasteiger partial charge in [-0.3, -0.25) is 9.69 Å². The second-order valence-electron chi connectivity index (χ2n) is 9.89. The lowest BCUT2D eigenvalue weighted by atomic mass is 10.0. The molecule has 186 valence electrons. The molecule has 1 aliphatic heterocycles. The minimum absolute atomic E-state index is 0.0988. The van der Waals surface area contributed by atoms with E-state index in [9.17, 15) is 4.79 Å². The topological polar surface area (TPSA) is 65.4 Å². The number of carbonyl (C=O) groups excluding carboxylic acids is 1. The van der Waals surface area contributed by atoms with Crippen molar-refractivity contribution in [3.8, 4) is 11.8 Å². The van der Waals surface area contributed by atoms with Crippen molar-refractivity contribution in [1.82, 2.24) is 10.2 Å². The van der Waals surface area contributed by atoms with Gasteiger partial charge in [-0.2, -0.15) is 5.26 Å². The molecule has 3 aromatic carbocycles. The zero-order chi connectivity index (χ0) is 25.5. The first kappa shape index (κ1) is 25.8. The maximum atomic E-state index is 13.0. The summed E-state index contributed by atoms with van der Waals surface area (Å²) in [5.41, 5.74) is 3.26. The van der Waals surface area contributed by atoms with E-state index in [4.69, 9.17) is 21.6 Å². The van der Waals surface area contributed by atoms with Crippen LogP contribution in [0.2, 0.25) is 5.02 Å². The number of benzene rings is 3. The van der Waals surface area contributed by atoms with E-state index in [2.05, 4.69) is 16.3 Å². The van der Waals surface area contributed by atoms with Gasteiger partial charge in [0, 0.05) is 30.7 Å². The molecular weight excluding hydrogens is 470 g/mol. The zero-order valence-electron chi connectivity index (χ0n) is 20.8. The molecule has 0 aliphatic carbocycles. The monoisotopic (exact) mass is 501 g/mol. The van der Waals surface area contributed by atoms with Crippen LogP contribution < -0.4 is 10.1 Å². The van der Waals surface area contributed by atoms with E-state index < -0.39 is 5.60 Å². The van der Waals surface area contributed by atoms with Crippen LogP contribution in [0, 0.1) is 11.3 Å². The van der Waals surface area contributed by atoms with Crippen LogP contribution in [-0.2, 0) is 17.8 Å². The fourth-order valence-corrected chi connectivity index (χ4v) is 4.52. The zero-order valence-corrected chi connectivity index (χ0v) is 21.6. The predicted molar refractivity (Wildman–Crippen MR) is 143 cm³/mol. The number of nitrogens with one attached hydrogen (secondary N) is 1. The van der Waals surface area contributed by atoms with Gasteiger partial charge in [-0.15, -0.1) is 0 Å². The molecule has 3 aromatic rings. The van der Waals surface area contributed by atoms with Gasteiger partial charge in [0.05, 0.1) is 11.6 Å². The molecule has 0 bridgehead atoms. The van der Waals surface area contributed by atoms with Gasteiger partial charge in [0.1, 0.15) is 5.75 Å². The Bertz CT molecular complexity index is 1190. The number of halogens is 1. The Morgan fingerprint density at radius 1 is 0.972 bits per heavy atom. The summed E-state index contributed by atoms with van der Waals surface area (Å²) in [6.07, 6.45) is 2.61. The van der Waals surface area contributed by atoms with Crippen LogP contribution in [-0.4, -0.2) is 35.5 Å². The van der Waals surface area contributed by atoms with E-state index in [1.807, 2.05) is 86.6 Å². The number of likely N-dealkylation sites (tertiary alicyclic amines) is 1. The highest BCUT2D eigenvalue weighted by Crippen LogP contribution is 2.22. The molecule has 0 unspecified atom stereocenters. The van der Waals surface area contributed by atoms with Gasteiger partial charge in [-0.1, -0.05) is 48.0 Å². The van der Waals surface area contributed by atoms with Gasteiger partial charge >= 0.3 is 0 Å². The van der Waals surface area contributed by atoms with E-state index in [0.717, 1.165) is 43.9 Å². The molecule has 1 heterocycles. The lowest BCUT2D eigenvalue weighted by Crippen LogP contribution is -2.52. The summed E-state index contributed by atoms with van der Waals surface area (Å²) in [6.45, 7) is 6.31. The lowest BCUT2D eigenvalue weighted by Gasteiger charge is -2.34. The SMILES string of the molecule is CC(C)(Oc1ccc(Cc2ccc(Cl)cc2)cc1)C(=O)NC1CCN(Cc2ccc(C#N)cc2)CC1. The van der Waals surface area contributed by atoms with Gasteiger partial charge in [0.25, 0.3) is 5.91 Å². The van der Waals surface area contributed by atoms with E-state index in [1.54, 1.807) is 0 Å². The van der Waals surface area contributed by atoms with Crippen LogP contribution in [0.25, 0.3) is 0 Å². The van der Waals surface area contributed by atoms with Crippen LogP contribution in [0.3, 0.4) is 0 Å². The molecule has 1 N–H and O–H groups in total. The van der Waals surface area contributed by atoms with E-state index >= 15 is 0 Å². The quantitative estimate of drug-likeness (QED) is 0.427. The van der Waals surface area contributed by atoms with E-state index in [1.165, 1.54) is 16.7 Å². The Balaban J connectivity index is 1.24. The number of carbonyl (C=O) groups is 1. The number of rotatable bonds is 8. The smallest absolute Gasteiger partial charge is 0.263 e. The first-order valence-corrected chi connectivity index (χ1v) is 12.7. The third-order valence-electron chi connectivity index (χ3n) is 6.58. The van der Waals surface area contributed by atoms with Crippen molar-refractivity contribution in [2.24, 2.45) is 0 Å². The van der Waals surface area contributed by atoms with Gasteiger partial charge in [-0.05, 0) is 86.2 Å². The summed E-state index contributed by atoms with van der Waals surface area (Å²) in [6, 6.07) is 25.8. The Labute approximate surface area is 218 Å². The standard InChI is InChI=1S/C30H32ClN3O2/c1-30(2,36-28-13-9-23(10-14-28)19-22-7-11-26(31)12-8-22)29(35)33-27-15-17-34(18-16-27)21-25-5-3-24(20-32)4-6-25/h3-14,27H,15-19,21H2,1-2H3,(H,33,35). The average Bonchev–Trinajstić information content (AvgIpc) is 2.88. The number of hydrogen-bond acceptors (Lipinski definition) is 4. The highest BCUT2D eigenvalue weighted by atomic mass is 35.5. The second kappa shape index (κ2) is 11.6. The molecule has 36 heavy (non-hydrogen) atoms. The highest BCUT2D eigenvalue weighted by molar-refractivity contribution is 6.30. The number of nitrogens with zero attached hydrogens (tertiary/aromatic N) is 2. The number of nitriles is 1. The molecule has 1 aliphatic rings. The third-order valence-corrected chi connectivity index (χ3v) is 6.83. The molecule has 6 heteroatoms. The van der Waals surface area contributed by atoms with Crippen LogP contribution in [0.15, 0.2) is 72.8 Å². The molecule has 0 aromatic heterocycles. The molecule has 5 nitrogen and oxygen atoms in total. The van der Waals surface area contributed by atoms with Crippen molar-refractivity contribution in [2.75, 3.05) is 13.1 Å². The van der Waals surface area contributed by atoms with Crippen molar-refractivity contribution in [3.05, 3.63) is 100 Å². The number of ether oxygens (including phenoxy) is 1. The van der Waals surface area contributed by atoms with Crippen molar-refractivity contribution in [2.45, 2.75) is 51.3 Å². The fourth-order valence-electron chi connectivity index (χ4n) is 4.39. The van der Waals surface area contributed by atoms with Crippen LogP contribution in [0.1, 0.15) is 48.9 Å². The maximum Gasteiger partial charge on any atom is 0.263 e. The van der Waals surface area contributed by atoms with Crippen molar-refractivity contribution in [3.63, 3.8) is 0 Å². The molecule has 0 saturated carbocycles. The first-order chi connectivity index (χ1) is 17.3. The molecule has 1 saturated heterocycles. The summed E-state index contributed by atoms with van der Waals surface area (Å²) >= 11 is 5.97. The molecule has 0 radical (unpaired) electrons. The van der Waals surface area contributed by atoms with Gasteiger partial charge in [0.2, 0.25) is 0 Å². The molecule has 0 atom stereocenters. The molecule has 1 fully saturated rings. The molecule has 1 amide bonds. The Kier molecular flexibility index (Phi) is 8.30. The summed E-state index contributed by atoms with van der Waals surface area (Å²) in [4.78, 5) is 15.4. The summed E-state index contributed by atoms with van der Waals surface area (Å²) in [5.74, 6) is 0.575. The largest absolute Gasteiger partial charge is 0.478 e. The number of piperidine rings is 1. The predicted octanol–water partition coefficient (Wildman–Crippen LogP) is 5.74. The summed E-state index contributed by atoms with van der Waals surface area (Å²) < 4.78 is 6.08. The highest BCUT2D eigenvalue weighted by Gasteiger charge is 2.32. The van der Waals surface area contributed by atoms with Gasteiger partial charge < -0.3 is 10.1 Å². The minimum atomic E-state index is -0.975. The second-order valence-corrected chi connectivity index (χ2v) is 10.3. The molecule has 4 rings (SSSR count). The molecule has 0 spiro atoms. The Hall–Kier alpha value is -3.33. The van der Waals surface area contributed by atoms with Crippen LogP contribution in [0.4, 0.5) is 0 Å². The lowest BCUT2D eigenvalue weighted by molar-refractivity contribution is -0.135. The van der Waals surface area contributed by atoms with E-state index in [-0.39, 0.29) is 11.9 Å². The fraction of sp³-hybridized carbons (Fsp3) is 0.333. The summed E-state index contributed by atoms with van der Waals surface area (Å²) in [5, 5.41) is 12.9. The number of hydrogen-bond donors (Lipinski definition) is 1. The van der Waals surface area contributed by atoms with Crippen molar-refractivity contribution < 1.29 is 9.53 Å². The normalized spacial score (nSPS) is 14.7. The Morgan fingerprint density at radius 2 is 1.53 bits per heavy atom. The third kappa shape index (κ3) is 7.10. The average molecular weight is 502 g/mol. The van der Waals surface area contributed by atoms with Crippen molar-refractivity contribution >= 4 is 17.5 Å². The van der Waals surface area contributed by atoms with Gasteiger partial charge in [-0.25, -0.2) is 0 Å². The maximum absolute atomic E-state index is 13.0. The Morgan fingerprint density at radius 3 is 2.11 bits per heavy atom. The molecular formula is C30H32ClN3O2.